The lowest BCUT2D eigenvalue weighted by molar-refractivity contribution is -0.296. The maximum atomic E-state index is 10.9. The molecule has 0 aliphatic rings. The minimum absolute atomic E-state index is 0. The van der Waals surface area contributed by atoms with Crippen LogP contribution in [0.5, 0.6) is 5.95 Å². The Hall–Kier alpha value is -2.07. The van der Waals surface area contributed by atoms with Gasteiger partial charge >= 0.3 is 0 Å². The van der Waals surface area contributed by atoms with Gasteiger partial charge in [-0.3, -0.25) is 4.79 Å². The van der Waals surface area contributed by atoms with Crippen molar-refractivity contribution in [2.24, 2.45) is 0 Å². The van der Waals surface area contributed by atoms with Crippen LogP contribution < -0.4 is 16.9 Å². The van der Waals surface area contributed by atoms with Gasteiger partial charge in [-0.1, -0.05) is 30.3 Å². The van der Waals surface area contributed by atoms with E-state index in [1.165, 1.54) is 12.1 Å². The van der Waals surface area contributed by atoms with Crippen molar-refractivity contribution in [1.29, 1.82) is 0 Å². The number of quaternary nitrogens is 1. The van der Waals surface area contributed by atoms with Crippen molar-refractivity contribution in [2.75, 3.05) is 0 Å². The zero-order valence-corrected chi connectivity index (χ0v) is 8.27. The molecule has 0 bridgehead atoms. The first-order valence-corrected chi connectivity index (χ1v) is 4.13. The Bertz CT molecular complexity index is 491. The second-order valence-electron chi connectivity index (χ2n) is 2.85. The molecule has 0 fully saturated rings. The lowest BCUT2D eigenvalue weighted by Crippen LogP contribution is -2.01. The highest BCUT2D eigenvalue weighted by Crippen LogP contribution is 2.19. The molecule has 78 valence electrons. The third-order valence-corrected chi connectivity index (χ3v) is 1.86. The summed E-state index contributed by atoms with van der Waals surface area (Å²) in [7, 11) is 0. The van der Waals surface area contributed by atoms with E-state index in [0.717, 1.165) is 5.56 Å². The fourth-order valence-corrected chi connectivity index (χ4v) is 1.25. The standard InChI is InChI=1S/C11H8O3.H3N/c12-10-6-9(7-11(13)14-10)8-4-2-1-3-5-8;/h1-7,12H;1H3. The van der Waals surface area contributed by atoms with Crippen molar-refractivity contribution in [1.82, 2.24) is 6.15 Å². The van der Waals surface area contributed by atoms with Crippen LogP contribution in [0.1, 0.15) is 0 Å². The largest absolute Gasteiger partial charge is 0.550 e. The van der Waals surface area contributed by atoms with E-state index in [2.05, 4.69) is 4.42 Å². The molecule has 0 saturated carbocycles. The number of hydrogen-bond acceptors (Lipinski definition) is 3. The molecule has 0 unspecified atom stereocenters. The fraction of sp³-hybridized carbons (Fsp3) is 0. The summed E-state index contributed by atoms with van der Waals surface area (Å²) in [5, 5.41) is 10.9. The highest BCUT2D eigenvalue weighted by molar-refractivity contribution is 5.63. The predicted molar refractivity (Wildman–Crippen MR) is 55.8 cm³/mol. The van der Waals surface area contributed by atoms with Crippen LogP contribution in [0.15, 0.2) is 51.7 Å². The molecule has 0 spiro atoms. The Morgan fingerprint density at radius 3 is 2.27 bits per heavy atom. The molecule has 0 amide bonds. The lowest BCUT2D eigenvalue weighted by Gasteiger charge is -2.04. The molecule has 1 heterocycles. The first-order chi connectivity index (χ1) is 6.75. The fourth-order valence-electron chi connectivity index (χ4n) is 1.25. The summed E-state index contributed by atoms with van der Waals surface area (Å²) in [6.45, 7) is 0. The van der Waals surface area contributed by atoms with Gasteiger partial charge in [0.15, 0.2) is 0 Å². The first-order valence-electron chi connectivity index (χ1n) is 4.13. The van der Waals surface area contributed by atoms with Gasteiger partial charge in [0, 0.05) is 6.07 Å². The number of hydrogen-bond donors (Lipinski definition) is 1. The van der Waals surface area contributed by atoms with Crippen molar-refractivity contribution in [3.8, 4) is 17.1 Å². The van der Waals surface area contributed by atoms with E-state index >= 15 is 0 Å². The Labute approximate surface area is 86.4 Å². The minimum atomic E-state index is -0.614. The highest BCUT2D eigenvalue weighted by atomic mass is 16.5. The van der Waals surface area contributed by atoms with E-state index in [-0.39, 0.29) is 6.15 Å². The van der Waals surface area contributed by atoms with Crippen molar-refractivity contribution in [2.45, 2.75) is 0 Å². The summed E-state index contributed by atoms with van der Waals surface area (Å²) < 4.78 is 4.33. The topological polar surface area (TPSA) is 89.8 Å². The molecule has 1 aromatic heterocycles. The first kappa shape index (κ1) is 11.0. The van der Waals surface area contributed by atoms with Gasteiger partial charge in [0.25, 0.3) is 0 Å². The SMILES string of the molecule is O=c1cc(-c2ccccc2)cc([O-])o1.[NH4+]. The van der Waals surface area contributed by atoms with Crippen molar-refractivity contribution >= 4 is 0 Å². The predicted octanol–water partition coefficient (Wildman–Crippen LogP) is 1.76. The van der Waals surface area contributed by atoms with Gasteiger partial charge in [0.2, 0.25) is 5.63 Å². The van der Waals surface area contributed by atoms with Crippen molar-refractivity contribution in [3.05, 3.63) is 52.9 Å². The molecular weight excluding hydrogens is 194 g/mol. The molecule has 2 rings (SSSR count). The van der Waals surface area contributed by atoms with Gasteiger partial charge in [-0.25, -0.2) is 0 Å². The number of benzene rings is 1. The maximum Gasteiger partial charge on any atom is 0.226 e. The van der Waals surface area contributed by atoms with Crippen LogP contribution in [0.2, 0.25) is 0 Å². The molecular formula is C11H11NO3. The highest BCUT2D eigenvalue weighted by Gasteiger charge is 1.96. The van der Waals surface area contributed by atoms with E-state index in [1.54, 1.807) is 0 Å². The smallest absolute Gasteiger partial charge is 0.226 e. The molecule has 0 atom stereocenters. The zero-order valence-electron chi connectivity index (χ0n) is 8.27. The summed E-state index contributed by atoms with van der Waals surface area (Å²) in [4.78, 5) is 10.9. The zero-order chi connectivity index (χ0) is 9.97. The molecule has 0 aliphatic carbocycles. The summed E-state index contributed by atoms with van der Waals surface area (Å²) in [6, 6.07) is 11.8. The van der Waals surface area contributed by atoms with Gasteiger partial charge < -0.3 is 15.7 Å². The molecule has 4 heteroatoms. The van der Waals surface area contributed by atoms with E-state index < -0.39 is 11.6 Å². The lowest BCUT2D eigenvalue weighted by atomic mass is 10.1. The summed E-state index contributed by atoms with van der Waals surface area (Å²) >= 11 is 0. The van der Waals surface area contributed by atoms with Crippen LogP contribution in [0.4, 0.5) is 0 Å². The van der Waals surface area contributed by atoms with Crippen LogP contribution in [0.25, 0.3) is 11.1 Å². The second-order valence-corrected chi connectivity index (χ2v) is 2.85. The van der Waals surface area contributed by atoms with Gasteiger partial charge in [-0.2, -0.15) is 0 Å². The average Bonchev–Trinajstić information content (AvgIpc) is 2.18. The van der Waals surface area contributed by atoms with Gasteiger partial charge in [0.05, 0.1) is 5.95 Å². The molecule has 4 N–H and O–H groups in total. The van der Waals surface area contributed by atoms with Gasteiger partial charge in [-0.15, -0.1) is 0 Å². The minimum Gasteiger partial charge on any atom is -0.550 e. The van der Waals surface area contributed by atoms with Crippen LogP contribution in [-0.4, -0.2) is 0 Å². The monoisotopic (exact) mass is 205 g/mol. The number of rotatable bonds is 1. The summed E-state index contributed by atoms with van der Waals surface area (Å²) in [5.41, 5.74) is 0.806. The molecule has 0 saturated heterocycles. The van der Waals surface area contributed by atoms with Crippen LogP contribution >= 0.6 is 0 Å². The van der Waals surface area contributed by atoms with E-state index in [1.807, 2.05) is 30.3 Å². The molecule has 0 radical (unpaired) electrons. The average molecular weight is 205 g/mol. The molecule has 4 nitrogen and oxygen atoms in total. The second kappa shape index (κ2) is 4.43. The van der Waals surface area contributed by atoms with E-state index in [4.69, 9.17) is 0 Å². The Kier molecular flexibility index (Phi) is 3.25. The molecule has 2 aromatic rings. The Balaban J connectivity index is 0.00000112. The van der Waals surface area contributed by atoms with Crippen LogP contribution in [0.3, 0.4) is 0 Å². The summed E-state index contributed by atoms with van der Waals surface area (Å²) in [6.07, 6.45) is 0. The maximum absolute atomic E-state index is 10.9. The van der Waals surface area contributed by atoms with Crippen LogP contribution in [0, 0.1) is 0 Å². The van der Waals surface area contributed by atoms with Gasteiger partial charge in [-0.05, 0) is 17.2 Å². The van der Waals surface area contributed by atoms with Crippen molar-refractivity contribution in [3.63, 3.8) is 0 Å². The molecule has 1 aromatic carbocycles. The van der Waals surface area contributed by atoms with Crippen molar-refractivity contribution < 1.29 is 9.52 Å². The third kappa shape index (κ3) is 2.45. The Morgan fingerprint density at radius 1 is 1.00 bits per heavy atom. The van der Waals surface area contributed by atoms with E-state index in [0.29, 0.717) is 5.56 Å². The normalized spacial score (nSPS) is 9.33. The van der Waals surface area contributed by atoms with Crippen LogP contribution in [-0.2, 0) is 0 Å². The molecule has 15 heavy (non-hydrogen) atoms. The molecule has 0 aliphatic heterocycles. The van der Waals surface area contributed by atoms with Gasteiger partial charge in [0.1, 0.15) is 0 Å². The quantitative estimate of drug-likeness (QED) is 0.768. The Morgan fingerprint density at radius 2 is 1.67 bits per heavy atom. The summed E-state index contributed by atoms with van der Waals surface area (Å²) in [5.74, 6) is -0.614. The van der Waals surface area contributed by atoms with E-state index in [9.17, 15) is 9.90 Å². The third-order valence-electron chi connectivity index (χ3n) is 1.86.